The maximum Gasteiger partial charge on any atom is 0.131 e. The smallest absolute Gasteiger partial charge is 0.131 e. The van der Waals surface area contributed by atoms with Crippen molar-refractivity contribution in [3.05, 3.63) is 12.4 Å². The van der Waals surface area contributed by atoms with Crippen molar-refractivity contribution in [2.75, 3.05) is 37.3 Å². The molecule has 0 bridgehead atoms. The van der Waals surface area contributed by atoms with Gasteiger partial charge in [0.15, 0.2) is 0 Å². The van der Waals surface area contributed by atoms with Crippen molar-refractivity contribution in [3.63, 3.8) is 0 Å². The number of anilines is 2. The molecule has 1 aromatic rings. The molecule has 88 valence electrons. The molecule has 2 rings (SSSR count). The van der Waals surface area contributed by atoms with E-state index >= 15 is 0 Å². The van der Waals surface area contributed by atoms with Crippen LogP contribution in [0.25, 0.3) is 0 Å². The Morgan fingerprint density at radius 1 is 1.31 bits per heavy atom. The van der Waals surface area contributed by atoms with Gasteiger partial charge in [0.25, 0.3) is 0 Å². The van der Waals surface area contributed by atoms with Crippen LogP contribution in [0.1, 0.15) is 12.8 Å². The fourth-order valence-corrected chi connectivity index (χ4v) is 1.93. The summed E-state index contributed by atoms with van der Waals surface area (Å²) in [6.07, 6.45) is 4.07. The lowest BCUT2D eigenvalue weighted by atomic mass is 9.98. The van der Waals surface area contributed by atoms with Crippen molar-refractivity contribution in [2.24, 2.45) is 5.92 Å². The van der Waals surface area contributed by atoms with Gasteiger partial charge in [-0.1, -0.05) is 0 Å². The molecule has 1 aromatic heterocycles. The monoisotopic (exact) mass is 221 g/mol. The molecule has 1 saturated heterocycles. The second-order valence-electron chi connectivity index (χ2n) is 4.11. The molecule has 0 aliphatic carbocycles. The standard InChI is InChI=1S/C11H19N5/c1-12-10-6-11(16-8-15-10)14-7-9-2-4-13-5-3-9/h6,8-9,13H,2-5,7H2,1H3,(H2,12,14,15,16). The van der Waals surface area contributed by atoms with Gasteiger partial charge in [-0.2, -0.15) is 0 Å². The molecule has 16 heavy (non-hydrogen) atoms. The lowest BCUT2D eigenvalue weighted by Crippen LogP contribution is -2.31. The lowest BCUT2D eigenvalue weighted by Gasteiger charge is -2.22. The van der Waals surface area contributed by atoms with Gasteiger partial charge in [0.05, 0.1) is 0 Å². The fourth-order valence-electron chi connectivity index (χ4n) is 1.93. The van der Waals surface area contributed by atoms with Gasteiger partial charge < -0.3 is 16.0 Å². The second kappa shape index (κ2) is 5.65. The average molecular weight is 221 g/mol. The summed E-state index contributed by atoms with van der Waals surface area (Å²) in [5.74, 6) is 2.51. The Morgan fingerprint density at radius 3 is 2.81 bits per heavy atom. The van der Waals surface area contributed by atoms with Crippen LogP contribution in [0.15, 0.2) is 12.4 Å². The van der Waals surface area contributed by atoms with E-state index < -0.39 is 0 Å². The Morgan fingerprint density at radius 2 is 2.06 bits per heavy atom. The molecular formula is C11H19N5. The molecule has 0 spiro atoms. The molecular weight excluding hydrogens is 202 g/mol. The Balaban J connectivity index is 1.83. The Labute approximate surface area is 96.1 Å². The first kappa shape index (κ1) is 11.1. The number of nitrogens with zero attached hydrogens (tertiary/aromatic N) is 2. The topological polar surface area (TPSA) is 61.9 Å². The predicted molar refractivity (Wildman–Crippen MR) is 65.7 cm³/mol. The van der Waals surface area contributed by atoms with Crippen LogP contribution in [0.2, 0.25) is 0 Å². The number of aromatic nitrogens is 2. The highest BCUT2D eigenvalue weighted by molar-refractivity contribution is 5.45. The van der Waals surface area contributed by atoms with Crippen molar-refractivity contribution in [1.29, 1.82) is 0 Å². The zero-order valence-electron chi connectivity index (χ0n) is 9.66. The van der Waals surface area contributed by atoms with Crippen LogP contribution in [-0.4, -0.2) is 36.6 Å². The lowest BCUT2D eigenvalue weighted by molar-refractivity contribution is 0.389. The Hall–Kier alpha value is -1.36. The summed E-state index contributed by atoms with van der Waals surface area (Å²) < 4.78 is 0. The summed E-state index contributed by atoms with van der Waals surface area (Å²) in [6.45, 7) is 3.28. The van der Waals surface area contributed by atoms with E-state index in [4.69, 9.17) is 0 Å². The summed E-state index contributed by atoms with van der Waals surface area (Å²) in [5.41, 5.74) is 0. The van der Waals surface area contributed by atoms with Crippen LogP contribution in [0.4, 0.5) is 11.6 Å². The van der Waals surface area contributed by atoms with E-state index in [-0.39, 0.29) is 0 Å². The Bertz CT molecular complexity index is 322. The minimum Gasteiger partial charge on any atom is -0.373 e. The Kier molecular flexibility index (Phi) is 3.93. The highest BCUT2D eigenvalue weighted by atomic mass is 15.1. The highest BCUT2D eigenvalue weighted by Crippen LogP contribution is 2.13. The third-order valence-electron chi connectivity index (χ3n) is 2.95. The van der Waals surface area contributed by atoms with Crippen LogP contribution in [-0.2, 0) is 0 Å². The maximum atomic E-state index is 4.19. The molecule has 2 heterocycles. The molecule has 1 aliphatic heterocycles. The van der Waals surface area contributed by atoms with Crippen molar-refractivity contribution < 1.29 is 0 Å². The minimum absolute atomic E-state index is 0.759. The molecule has 1 fully saturated rings. The molecule has 0 unspecified atom stereocenters. The largest absolute Gasteiger partial charge is 0.373 e. The van der Waals surface area contributed by atoms with E-state index in [1.165, 1.54) is 12.8 Å². The molecule has 0 amide bonds. The predicted octanol–water partition coefficient (Wildman–Crippen LogP) is 0.930. The van der Waals surface area contributed by atoms with Crippen LogP contribution in [0.3, 0.4) is 0 Å². The molecule has 0 aromatic carbocycles. The minimum atomic E-state index is 0.759. The summed E-state index contributed by atoms with van der Waals surface area (Å²) in [6, 6.07) is 1.93. The molecule has 3 N–H and O–H groups in total. The molecule has 0 radical (unpaired) electrons. The third-order valence-corrected chi connectivity index (χ3v) is 2.95. The third kappa shape index (κ3) is 3.06. The molecule has 1 aliphatic rings. The molecule has 5 nitrogen and oxygen atoms in total. The summed E-state index contributed by atoms with van der Waals surface area (Å²) in [4.78, 5) is 8.27. The van der Waals surface area contributed by atoms with Gasteiger partial charge in [0, 0.05) is 19.7 Å². The van der Waals surface area contributed by atoms with Crippen molar-refractivity contribution in [3.8, 4) is 0 Å². The van der Waals surface area contributed by atoms with Gasteiger partial charge in [-0.3, -0.25) is 0 Å². The summed E-state index contributed by atoms with van der Waals surface area (Å²) >= 11 is 0. The van der Waals surface area contributed by atoms with Crippen molar-refractivity contribution in [2.45, 2.75) is 12.8 Å². The number of rotatable bonds is 4. The summed E-state index contributed by atoms with van der Waals surface area (Å²) in [5, 5.41) is 9.74. The van der Waals surface area contributed by atoms with Crippen LogP contribution >= 0.6 is 0 Å². The van der Waals surface area contributed by atoms with Gasteiger partial charge in [0.1, 0.15) is 18.0 Å². The quantitative estimate of drug-likeness (QED) is 0.706. The normalized spacial score (nSPS) is 17.1. The summed E-state index contributed by atoms with van der Waals surface area (Å²) in [7, 11) is 1.86. The fraction of sp³-hybridized carbons (Fsp3) is 0.636. The first-order valence-electron chi connectivity index (χ1n) is 5.83. The molecule has 0 saturated carbocycles. The zero-order valence-corrected chi connectivity index (χ0v) is 9.66. The molecule has 5 heteroatoms. The zero-order chi connectivity index (χ0) is 11.2. The van der Waals surface area contributed by atoms with Crippen LogP contribution < -0.4 is 16.0 Å². The maximum absolute atomic E-state index is 4.19. The van der Waals surface area contributed by atoms with Gasteiger partial charge in [-0.05, 0) is 31.8 Å². The number of nitrogens with one attached hydrogen (secondary N) is 3. The van der Waals surface area contributed by atoms with Gasteiger partial charge >= 0.3 is 0 Å². The van der Waals surface area contributed by atoms with E-state index in [9.17, 15) is 0 Å². The van der Waals surface area contributed by atoms with Crippen LogP contribution in [0, 0.1) is 5.92 Å². The first-order chi connectivity index (χ1) is 7.88. The van der Waals surface area contributed by atoms with Gasteiger partial charge in [-0.15, -0.1) is 0 Å². The number of hydrogen-bond acceptors (Lipinski definition) is 5. The van der Waals surface area contributed by atoms with Crippen molar-refractivity contribution in [1.82, 2.24) is 15.3 Å². The number of hydrogen-bond donors (Lipinski definition) is 3. The van der Waals surface area contributed by atoms with E-state index in [1.54, 1.807) is 6.33 Å². The van der Waals surface area contributed by atoms with E-state index in [1.807, 2.05) is 13.1 Å². The number of piperidine rings is 1. The second-order valence-corrected chi connectivity index (χ2v) is 4.11. The van der Waals surface area contributed by atoms with E-state index in [0.29, 0.717) is 0 Å². The van der Waals surface area contributed by atoms with Crippen LogP contribution in [0.5, 0.6) is 0 Å². The SMILES string of the molecule is CNc1cc(NCC2CCNCC2)ncn1. The van der Waals surface area contributed by atoms with E-state index in [2.05, 4.69) is 25.9 Å². The van der Waals surface area contributed by atoms with Crippen molar-refractivity contribution >= 4 is 11.6 Å². The molecule has 0 atom stereocenters. The van der Waals surface area contributed by atoms with Gasteiger partial charge in [0.2, 0.25) is 0 Å². The first-order valence-corrected chi connectivity index (χ1v) is 5.83. The highest BCUT2D eigenvalue weighted by Gasteiger charge is 2.12. The van der Waals surface area contributed by atoms with Gasteiger partial charge in [-0.25, -0.2) is 9.97 Å². The average Bonchev–Trinajstić information content (AvgIpc) is 2.38. The van der Waals surface area contributed by atoms with E-state index in [0.717, 1.165) is 37.2 Å².